The van der Waals surface area contributed by atoms with E-state index in [4.69, 9.17) is 0 Å². The molecule has 0 radical (unpaired) electrons. The van der Waals surface area contributed by atoms with Gasteiger partial charge in [0.05, 0.1) is 12.5 Å². The summed E-state index contributed by atoms with van der Waals surface area (Å²) >= 11 is 0. The Hall–Kier alpha value is -2.14. The highest BCUT2D eigenvalue weighted by molar-refractivity contribution is 6.03. The van der Waals surface area contributed by atoms with E-state index in [0.717, 1.165) is 25.2 Å². The fraction of sp³-hybridized carbons (Fsp3) is 0.286. The van der Waals surface area contributed by atoms with Crippen LogP contribution in [-0.4, -0.2) is 22.0 Å². The second kappa shape index (κ2) is 4.85. The van der Waals surface area contributed by atoms with Gasteiger partial charge in [0.25, 0.3) is 5.91 Å². The molecular formula is C14H16N4O. The third-order valence-electron chi connectivity index (χ3n) is 3.44. The van der Waals surface area contributed by atoms with Crippen LogP contribution in [0.3, 0.4) is 0 Å². The molecule has 2 N–H and O–H groups in total. The van der Waals surface area contributed by atoms with Crippen LogP contribution in [-0.2, 0) is 20.0 Å². The monoisotopic (exact) mass is 256 g/mol. The van der Waals surface area contributed by atoms with Gasteiger partial charge in [-0.05, 0) is 30.2 Å². The molecule has 2 aromatic rings. The highest BCUT2D eigenvalue weighted by Gasteiger charge is 2.16. The molecule has 5 nitrogen and oxygen atoms in total. The molecule has 1 aliphatic heterocycles. The van der Waals surface area contributed by atoms with Crippen molar-refractivity contribution < 1.29 is 4.79 Å². The van der Waals surface area contributed by atoms with Gasteiger partial charge < -0.3 is 15.2 Å². The molecule has 0 bridgehead atoms. The van der Waals surface area contributed by atoms with Gasteiger partial charge in [0, 0.05) is 19.3 Å². The summed E-state index contributed by atoms with van der Waals surface area (Å²) in [4.78, 5) is 16.2. The first-order chi connectivity index (χ1) is 9.25. The van der Waals surface area contributed by atoms with E-state index >= 15 is 0 Å². The van der Waals surface area contributed by atoms with E-state index in [1.807, 2.05) is 19.2 Å². The molecule has 1 amide bonds. The molecule has 19 heavy (non-hydrogen) atoms. The first-order valence-corrected chi connectivity index (χ1v) is 6.35. The number of aromatic nitrogens is 2. The Balaban J connectivity index is 1.88. The van der Waals surface area contributed by atoms with Crippen LogP contribution in [0.1, 0.15) is 21.6 Å². The lowest BCUT2D eigenvalue weighted by molar-refractivity contribution is 0.101. The number of carbonyl (C=O) groups excluding carboxylic acids is 1. The van der Waals surface area contributed by atoms with Crippen LogP contribution >= 0.6 is 0 Å². The average Bonchev–Trinajstić information content (AvgIpc) is 2.85. The predicted molar refractivity (Wildman–Crippen MR) is 73.0 cm³/mol. The van der Waals surface area contributed by atoms with Gasteiger partial charge in [0.1, 0.15) is 5.69 Å². The molecule has 0 saturated carbocycles. The van der Waals surface area contributed by atoms with Gasteiger partial charge in [-0.3, -0.25) is 4.79 Å². The fourth-order valence-corrected chi connectivity index (χ4v) is 2.41. The van der Waals surface area contributed by atoms with Crippen molar-refractivity contribution in [1.82, 2.24) is 14.9 Å². The van der Waals surface area contributed by atoms with Crippen molar-refractivity contribution in [2.24, 2.45) is 7.05 Å². The van der Waals surface area contributed by atoms with Gasteiger partial charge in [0.2, 0.25) is 0 Å². The Morgan fingerprint density at radius 1 is 1.47 bits per heavy atom. The van der Waals surface area contributed by atoms with Gasteiger partial charge in [-0.25, -0.2) is 4.98 Å². The topological polar surface area (TPSA) is 59.0 Å². The summed E-state index contributed by atoms with van der Waals surface area (Å²) in [5.74, 6) is -0.119. The van der Waals surface area contributed by atoms with Crippen molar-refractivity contribution in [3.63, 3.8) is 0 Å². The number of imidazole rings is 1. The van der Waals surface area contributed by atoms with E-state index in [9.17, 15) is 4.79 Å². The predicted octanol–water partition coefficient (Wildman–Crippen LogP) is 1.32. The maximum absolute atomic E-state index is 12.2. The lowest BCUT2D eigenvalue weighted by Gasteiger charge is -2.20. The molecule has 0 fully saturated rings. The summed E-state index contributed by atoms with van der Waals surface area (Å²) < 4.78 is 1.71. The molecule has 5 heteroatoms. The highest BCUT2D eigenvalue weighted by Crippen LogP contribution is 2.23. The number of hydrogen-bond acceptors (Lipinski definition) is 3. The molecule has 1 aromatic carbocycles. The molecule has 0 atom stereocenters. The van der Waals surface area contributed by atoms with E-state index in [0.29, 0.717) is 5.69 Å². The zero-order valence-electron chi connectivity index (χ0n) is 10.8. The average molecular weight is 256 g/mol. The summed E-state index contributed by atoms with van der Waals surface area (Å²) in [6, 6.07) is 6.03. The van der Waals surface area contributed by atoms with Crippen LogP contribution in [0.15, 0.2) is 30.7 Å². The van der Waals surface area contributed by atoms with Gasteiger partial charge in [-0.15, -0.1) is 0 Å². The Labute approximate surface area is 111 Å². The summed E-state index contributed by atoms with van der Waals surface area (Å²) in [6.45, 7) is 1.82. The molecule has 3 rings (SSSR count). The van der Waals surface area contributed by atoms with Crippen molar-refractivity contribution in [3.05, 3.63) is 47.5 Å². The van der Waals surface area contributed by atoms with Gasteiger partial charge in [-0.1, -0.05) is 12.1 Å². The molecule has 0 unspecified atom stereocenters. The highest BCUT2D eigenvalue weighted by atomic mass is 16.2. The van der Waals surface area contributed by atoms with Crippen LogP contribution in [0.5, 0.6) is 0 Å². The minimum absolute atomic E-state index is 0.119. The van der Waals surface area contributed by atoms with Crippen LogP contribution < -0.4 is 10.6 Å². The fourth-order valence-electron chi connectivity index (χ4n) is 2.41. The normalized spacial score (nSPS) is 13.9. The van der Waals surface area contributed by atoms with E-state index in [1.165, 1.54) is 11.1 Å². The van der Waals surface area contributed by atoms with Gasteiger partial charge >= 0.3 is 0 Å². The number of aryl methyl sites for hydroxylation is 1. The van der Waals surface area contributed by atoms with Crippen LogP contribution in [0.2, 0.25) is 0 Å². The molecule has 1 aliphatic rings. The standard InChI is InChI=1S/C14H16N4O/c1-18-9-16-8-13(18)14(19)17-12-4-2-3-10-7-15-6-5-11(10)12/h2-4,8-9,15H,5-7H2,1H3,(H,17,19). The summed E-state index contributed by atoms with van der Waals surface area (Å²) in [5.41, 5.74) is 3.96. The maximum Gasteiger partial charge on any atom is 0.273 e. The van der Waals surface area contributed by atoms with Gasteiger partial charge in [0.15, 0.2) is 0 Å². The summed E-state index contributed by atoms with van der Waals surface area (Å²) in [6.07, 6.45) is 4.14. The molecular weight excluding hydrogens is 240 g/mol. The molecule has 1 aromatic heterocycles. The van der Waals surface area contributed by atoms with E-state index in [2.05, 4.69) is 21.7 Å². The molecule has 0 aliphatic carbocycles. The summed E-state index contributed by atoms with van der Waals surface area (Å²) in [5, 5.41) is 6.32. The number of anilines is 1. The number of nitrogens with one attached hydrogen (secondary N) is 2. The first kappa shape index (κ1) is 11.9. The van der Waals surface area contributed by atoms with Crippen molar-refractivity contribution in [1.29, 1.82) is 0 Å². The van der Waals surface area contributed by atoms with Crippen molar-refractivity contribution >= 4 is 11.6 Å². The number of fused-ring (bicyclic) bond motifs is 1. The van der Waals surface area contributed by atoms with Crippen LogP contribution in [0.4, 0.5) is 5.69 Å². The SMILES string of the molecule is Cn1cncc1C(=O)Nc1cccc2c1CCNC2. The Bertz CT molecular complexity index is 618. The second-order valence-electron chi connectivity index (χ2n) is 4.71. The largest absolute Gasteiger partial charge is 0.330 e. The lowest BCUT2D eigenvalue weighted by Crippen LogP contribution is -2.25. The van der Waals surface area contributed by atoms with E-state index < -0.39 is 0 Å². The summed E-state index contributed by atoms with van der Waals surface area (Å²) in [7, 11) is 1.81. The molecule has 0 spiro atoms. The van der Waals surface area contributed by atoms with Crippen molar-refractivity contribution in [2.75, 3.05) is 11.9 Å². The second-order valence-corrected chi connectivity index (χ2v) is 4.71. The van der Waals surface area contributed by atoms with Crippen molar-refractivity contribution in [2.45, 2.75) is 13.0 Å². The van der Waals surface area contributed by atoms with E-state index in [-0.39, 0.29) is 5.91 Å². The third-order valence-corrected chi connectivity index (χ3v) is 3.44. The Morgan fingerprint density at radius 3 is 3.16 bits per heavy atom. The molecule has 98 valence electrons. The zero-order chi connectivity index (χ0) is 13.2. The Kier molecular flexibility index (Phi) is 3.05. The minimum atomic E-state index is -0.119. The van der Waals surface area contributed by atoms with Crippen LogP contribution in [0.25, 0.3) is 0 Å². The zero-order valence-corrected chi connectivity index (χ0v) is 10.8. The number of hydrogen-bond donors (Lipinski definition) is 2. The number of rotatable bonds is 2. The Morgan fingerprint density at radius 2 is 2.37 bits per heavy atom. The molecule has 2 heterocycles. The minimum Gasteiger partial charge on any atom is -0.330 e. The number of amides is 1. The van der Waals surface area contributed by atoms with Gasteiger partial charge in [-0.2, -0.15) is 0 Å². The third kappa shape index (κ3) is 2.24. The smallest absolute Gasteiger partial charge is 0.273 e. The van der Waals surface area contributed by atoms with Crippen LogP contribution in [0, 0.1) is 0 Å². The first-order valence-electron chi connectivity index (χ1n) is 6.35. The molecule has 0 saturated heterocycles. The number of benzene rings is 1. The maximum atomic E-state index is 12.2. The van der Waals surface area contributed by atoms with Crippen molar-refractivity contribution in [3.8, 4) is 0 Å². The quantitative estimate of drug-likeness (QED) is 0.852. The van der Waals surface area contributed by atoms with E-state index in [1.54, 1.807) is 17.1 Å². The number of nitrogens with zero attached hydrogens (tertiary/aromatic N) is 2. The lowest BCUT2D eigenvalue weighted by atomic mass is 9.99. The number of carbonyl (C=O) groups is 1.